The molecule has 3 heterocycles. The SMILES string of the molecule is CC.CC12CC[C@@]34C[C@@]35CC[C@H](OC3CN(C6COC6)CCO3)C(C)(C)C5CCC4C1CC1OC([C@H](O)C(C)(C)O)CCC12.CO.[HH]. The van der Waals surface area contributed by atoms with Gasteiger partial charge in [0, 0.05) is 15.1 Å². The van der Waals surface area contributed by atoms with E-state index in [4.69, 9.17) is 24.1 Å². The van der Waals surface area contributed by atoms with Gasteiger partial charge in [-0.25, -0.2) is 0 Å². The summed E-state index contributed by atoms with van der Waals surface area (Å²) in [6.07, 6.45) is 11.8. The van der Waals surface area contributed by atoms with Crippen molar-refractivity contribution >= 4 is 0 Å². The molecule has 0 amide bonds. The predicted molar refractivity (Wildman–Crippen MR) is 180 cm³/mol. The zero-order valence-electron chi connectivity index (χ0n) is 30.3. The van der Waals surface area contributed by atoms with E-state index < -0.39 is 11.7 Å². The van der Waals surface area contributed by atoms with Crippen LogP contribution in [-0.2, 0) is 18.9 Å². The first-order valence-corrected chi connectivity index (χ1v) is 19.0. The molecule has 0 aromatic carbocycles. The van der Waals surface area contributed by atoms with Crippen LogP contribution in [0.2, 0.25) is 0 Å². The third-order valence-corrected chi connectivity index (χ3v) is 15.2. The minimum Gasteiger partial charge on any atom is -0.400 e. The van der Waals surface area contributed by atoms with Crippen molar-refractivity contribution in [2.45, 2.75) is 155 Å². The van der Waals surface area contributed by atoms with Crippen LogP contribution in [0.15, 0.2) is 0 Å². The van der Waals surface area contributed by atoms with Crippen molar-refractivity contribution < 1.29 is 35.7 Å². The molecule has 5 aliphatic carbocycles. The molecule has 8 rings (SSSR count). The van der Waals surface area contributed by atoms with Crippen molar-refractivity contribution in [3.8, 4) is 0 Å². The summed E-state index contributed by atoms with van der Waals surface area (Å²) in [5.74, 6) is 2.87. The summed E-state index contributed by atoms with van der Waals surface area (Å²) in [7, 11) is 1.00. The van der Waals surface area contributed by atoms with E-state index in [0.717, 1.165) is 83.5 Å². The lowest BCUT2D eigenvalue weighted by molar-refractivity contribution is -0.253. The van der Waals surface area contributed by atoms with E-state index in [1.807, 2.05) is 13.8 Å². The molecule has 0 radical (unpaired) electrons. The molecule has 3 saturated heterocycles. The van der Waals surface area contributed by atoms with E-state index in [0.29, 0.717) is 28.2 Å². The van der Waals surface area contributed by atoms with Gasteiger partial charge in [-0.15, -0.1) is 0 Å². The van der Waals surface area contributed by atoms with Gasteiger partial charge in [-0.2, -0.15) is 0 Å². The number of hydrogen-bond donors (Lipinski definition) is 3. The number of rotatable bonds is 5. The zero-order valence-corrected chi connectivity index (χ0v) is 30.3. The molecule has 268 valence electrons. The largest absolute Gasteiger partial charge is 0.400 e. The lowest BCUT2D eigenvalue weighted by atomic mass is 9.46. The summed E-state index contributed by atoms with van der Waals surface area (Å²) < 4.78 is 25.2. The van der Waals surface area contributed by atoms with Gasteiger partial charge in [0.15, 0.2) is 6.29 Å². The first-order valence-electron chi connectivity index (χ1n) is 19.0. The molecule has 12 atom stereocenters. The second-order valence-corrected chi connectivity index (χ2v) is 17.5. The van der Waals surface area contributed by atoms with Crippen LogP contribution in [0.3, 0.4) is 0 Å². The van der Waals surface area contributed by atoms with E-state index in [-0.39, 0.29) is 31.4 Å². The van der Waals surface area contributed by atoms with Crippen molar-refractivity contribution in [2.24, 2.45) is 45.3 Å². The molecule has 8 heteroatoms. The minimum atomic E-state index is -1.13. The maximum Gasteiger partial charge on any atom is 0.170 e. The average molecular weight is 652 g/mol. The van der Waals surface area contributed by atoms with Crippen molar-refractivity contribution in [3.63, 3.8) is 0 Å². The highest BCUT2D eigenvalue weighted by molar-refractivity contribution is 5.29. The number of hydrogen-bond acceptors (Lipinski definition) is 8. The lowest BCUT2D eigenvalue weighted by Crippen LogP contribution is -2.58. The highest BCUT2D eigenvalue weighted by Crippen LogP contribution is 2.87. The minimum absolute atomic E-state index is 0. The smallest absolute Gasteiger partial charge is 0.170 e. The molecule has 8 nitrogen and oxygen atoms in total. The molecule has 3 N–H and O–H groups in total. The van der Waals surface area contributed by atoms with E-state index in [1.165, 1.54) is 38.5 Å². The standard InChI is InChI=1S/C35H57NO6.C2H6.CH4O.H2/c1-31(2)27-9-7-22-24-16-26-23(6-8-25(41-26)30(37)32(3,4)38)33(24,5)12-13-34(22)20-35(27,34)11-10-28(31)42-29-17-36(14-15-40-29)21-18-39-19-21;2*1-2;/h21-30,37-38H,6-20H2,1-5H3;1-2H3;2H,1H3;1H/t22?,23?,24?,25?,26?,27?,28-,29?,30-,33?,34-,35+;;;/m0.../s1. The molecule has 2 spiro atoms. The highest BCUT2D eigenvalue weighted by Gasteiger charge is 2.80. The third-order valence-electron chi connectivity index (χ3n) is 15.2. The normalized spacial score (nSPS) is 48.3. The number of aliphatic hydroxyl groups excluding tert-OH is 2. The maximum atomic E-state index is 10.8. The number of aliphatic hydroxyl groups is 3. The Morgan fingerprint density at radius 3 is 2.30 bits per heavy atom. The Bertz CT molecular complexity index is 1070. The zero-order chi connectivity index (χ0) is 33.3. The quantitative estimate of drug-likeness (QED) is 0.351. The van der Waals surface area contributed by atoms with Gasteiger partial charge in [0.05, 0.1) is 56.3 Å². The average Bonchev–Trinajstić information content (AvgIpc) is 3.59. The Morgan fingerprint density at radius 1 is 0.913 bits per heavy atom. The van der Waals surface area contributed by atoms with Crippen LogP contribution in [0.4, 0.5) is 0 Å². The predicted octanol–water partition coefficient (Wildman–Crippen LogP) is 5.65. The Balaban J connectivity index is 0.000000837. The van der Waals surface area contributed by atoms with Gasteiger partial charge in [0.25, 0.3) is 0 Å². The van der Waals surface area contributed by atoms with Crippen LogP contribution in [0.1, 0.15) is 114 Å². The first-order chi connectivity index (χ1) is 21.9. The summed E-state index contributed by atoms with van der Waals surface area (Å²) in [6.45, 7) is 19.4. The number of morpholine rings is 1. The summed E-state index contributed by atoms with van der Waals surface area (Å²) in [6, 6.07) is 0.545. The van der Waals surface area contributed by atoms with Gasteiger partial charge in [-0.05, 0) is 123 Å². The molecule has 3 aliphatic heterocycles. The maximum absolute atomic E-state index is 10.8. The van der Waals surface area contributed by atoms with Crippen LogP contribution in [0, 0.1) is 45.3 Å². The van der Waals surface area contributed by atoms with Gasteiger partial charge in [0.1, 0.15) is 6.10 Å². The van der Waals surface area contributed by atoms with Crippen LogP contribution >= 0.6 is 0 Å². The number of ether oxygens (including phenoxy) is 4. The third kappa shape index (κ3) is 5.37. The van der Waals surface area contributed by atoms with E-state index in [2.05, 4.69) is 25.7 Å². The van der Waals surface area contributed by atoms with Crippen LogP contribution < -0.4 is 0 Å². The van der Waals surface area contributed by atoms with E-state index in [9.17, 15) is 10.2 Å². The summed E-state index contributed by atoms with van der Waals surface area (Å²) >= 11 is 0. The van der Waals surface area contributed by atoms with E-state index >= 15 is 0 Å². The van der Waals surface area contributed by atoms with Crippen LogP contribution in [0.25, 0.3) is 0 Å². The molecule has 8 aliphatic rings. The van der Waals surface area contributed by atoms with E-state index in [1.54, 1.807) is 13.8 Å². The Hall–Kier alpha value is -0.320. The number of fused-ring (bicyclic) bond motifs is 4. The summed E-state index contributed by atoms with van der Waals surface area (Å²) in [5, 5.41) is 28.3. The molecule has 0 aromatic rings. The second kappa shape index (κ2) is 12.8. The van der Waals surface area contributed by atoms with Gasteiger partial charge in [-0.1, -0.05) is 34.6 Å². The summed E-state index contributed by atoms with van der Waals surface area (Å²) in [4.78, 5) is 2.52. The summed E-state index contributed by atoms with van der Waals surface area (Å²) in [5.41, 5.74) is 0.403. The van der Waals surface area contributed by atoms with Crippen molar-refractivity contribution in [3.05, 3.63) is 0 Å². The molecule has 0 bridgehead atoms. The Labute approximate surface area is 280 Å². The van der Waals surface area contributed by atoms with Crippen LogP contribution in [-0.4, -0.2) is 103 Å². The highest BCUT2D eigenvalue weighted by atomic mass is 16.7. The van der Waals surface area contributed by atoms with Crippen molar-refractivity contribution in [1.29, 1.82) is 0 Å². The molecule has 46 heavy (non-hydrogen) atoms. The molecular weight excluding hydrogens is 582 g/mol. The first kappa shape index (κ1) is 35.5. The Kier molecular flexibility index (Phi) is 9.86. The van der Waals surface area contributed by atoms with Crippen LogP contribution in [0.5, 0.6) is 0 Å². The van der Waals surface area contributed by atoms with Gasteiger partial charge >= 0.3 is 0 Å². The molecule has 8 unspecified atom stereocenters. The monoisotopic (exact) mass is 652 g/mol. The molecule has 8 fully saturated rings. The fourth-order valence-electron chi connectivity index (χ4n) is 12.8. The fraction of sp³-hybridized carbons (Fsp3) is 1.00. The van der Waals surface area contributed by atoms with Gasteiger partial charge in [-0.3, -0.25) is 4.90 Å². The van der Waals surface area contributed by atoms with Gasteiger partial charge < -0.3 is 34.3 Å². The van der Waals surface area contributed by atoms with Crippen molar-refractivity contribution in [1.82, 2.24) is 4.90 Å². The topological polar surface area (TPSA) is 101 Å². The number of nitrogens with zero attached hydrogens (tertiary/aromatic N) is 1. The van der Waals surface area contributed by atoms with Gasteiger partial charge in [0.2, 0.25) is 0 Å². The fourth-order valence-corrected chi connectivity index (χ4v) is 12.8. The Morgan fingerprint density at radius 2 is 1.63 bits per heavy atom. The van der Waals surface area contributed by atoms with Crippen molar-refractivity contribution in [2.75, 3.05) is 40.0 Å². The molecular formula is C38H69NO7. The second-order valence-electron chi connectivity index (χ2n) is 17.5. The molecule has 0 aromatic heterocycles. The lowest BCUT2D eigenvalue weighted by Gasteiger charge is -2.60. The molecule has 5 saturated carbocycles.